The molecule has 0 heterocycles. The number of carbonyl (C=O) groups is 1. The Morgan fingerprint density at radius 1 is 1.11 bits per heavy atom. The normalized spacial score (nSPS) is 28.8. The molecule has 0 unspecified atom stereocenters. The van der Waals surface area contributed by atoms with Crippen molar-refractivity contribution in [3.63, 3.8) is 0 Å². The number of carbonyl (C=O) groups excluding carboxylic acids is 1. The highest BCUT2D eigenvalue weighted by molar-refractivity contribution is 5.72. The molecule has 0 aromatic carbocycles. The van der Waals surface area contributed by atoms with E-state index in [2.05, 4.69) is 11.9 Å². The lowest BCUT2D eigenvalue weighted by Crippen LogP contribution is -2.39. The predicted octanol–water partition coefficient (Wildman–Crippen LogP) is 3.23. The summed E-state index contributed by atoms with van der Waals surface area (Å²) >= 11 is 0. The Bertz CT molecular complexity index is 278. The fraction of sp³-hybridized carbons (Fsp3) is 0.938. The molecule has 110 valence electrons. The van der Waals surface area contributed by atoms with Gasteiger partial charge in [-0.15, -0.1) is 0 Å². The maximum absolute atomic E-state index is 11.7. The number of hydrogen-bond donors (Lipinski definition) is 0. The van der Waals surface area contributed by atoms with Crippen LogP contribution in [0.4, 0.5) is 0 Å². The Kier molecular flexibility index (Phi) is 5.68. The minimum absolute atomic E-state index is 0.0272. The summed E-state index contributed by atoms with van der Waals surface area (Å²) in [5.74, 6) is 1.11. The van der Waals surface area contributed by atoms with Gasteiger partial charge < -0.3 is 9.64 Å². The van der Waals surface area contributed by atoms with Crippen LogP contribution in [-0.2, 0) is 9.53 Å². The number of rotatable bonds is 5. The number of esters is 1. The first kappa shape index (κ1) is 14.8. The van der Waals surface area contributed by atoms with Crippen LogP contribution in [0.3, 0.4) is 0 Å². The summed E-state index contributed by atoms with van der Waals surface area (Å²) in [4.78, 5) is 14.3. The molecule has 0 spiro atoms. The van der Waals surface area contributed by atoms with Gasteiger partial charge in [0.1, 0.15) is 0 Å². The van der Waals surface area contributed by atoms with Gasteiger partial charge in [0, 0.05) is 12.6 Å². The van der Waals surface area contributed by atoms with E-state index in [-0.39, 0.29) is 11.9 Å². The first-order valence-corrected chi connectivity index (χ1v) is 8.07. The molecular weight excluding hydrogens is 238 g/mol. The molecule has 2 fully saturated rings. The van der Waals surface area contributed by atoms with Gasteiger partial charge >= 0.3 is 5.97 Å². The minimum Gasteiger partial charge on any atom is -0.466 e. The van der Waals surface area contributed by atoms with Crippen LogP contribution in [0.25, 0.3) is 0 Å². The van der Waals surface area contributed by atoms with Gasteiger partial charge in [0.25, 0.3) is 0 Å². The second kappa shape index (κ2) is 7.28. The summed E-state index contributed by atoms with van der Waals surface area (Å²) in [5.41, 5.74) is 0. The second-order valence-corrected chi connectivity index (χ2v) is 6.35. The highest BCUT2D eigenvalue weighted by atomic mass is 16.5. The van der Waals surface area contributed by atoms with Crippen molar-refractivity contribution in [3.05, 3.63) is 0 Å². The minimum atomic E-state index is 0.0272. The van der Waals surface area contributed by atoms with E-state index in [1.165, 1.54) is 32.2 Å². The first-order valence-electron chi connectivity index (χ1n) is 8.07. The Morgan fingerprint density at radius 2 is 1.74 bits per heavy atom. The third-order valence-corrected chi connectivity index (χ3v) is 4.96. The molecule has 0 bridgehead atoms. The molecule has 0 atom stereocenters. The zero-order valence-electron chi connectivity index (χ0n) is 12.6. The van der Waals surface area contributed by atoms with E-state index in [4.69, 9.17) is 4.74 Å². The van der Waals surface area contributed by atoms with E-state index in [0.717, 1.165) is 31.6 Å². The van der Waals surface area contributed by atoms with Gasteiger partial charge in [0.05, 0.1) is 12.5 Å². The first-order chi connectivity index (χ1) is 9.20. The Balaban J connectivity index is 1.71. The smallest absolute Gasteiger partial charge is 0.308 e. The van der Waals surface area contributed by atoms with Gasteiger partial charge in [-0.25, -0.2) is 0 Å². The van der Waals surface area contributed by atoms with E-state index >= 15 is 0 Å². The van der Waals surface area contributed by atoms with Gasteiger partial charge in [-0.3, -0.25) is 4.79 Å². The van der Waals surface area contributed by atoms with E-state index in [9.17, 15) is 4.79 Å². The van der Waals surface area contributed by atoms with Gasteiger partial charge in [-0.05, 0) is 58.4 Å². The zero-order chi connectivity index (χ0) is 13.7. The molecule has 2 aliphatic rings. The van der Waals surface area contributed by atoms with E-state index in [1.807, 2.05) is 6.92 Å². The molecule has 2 aliphatic carbocycles. The molecule has 19 heavy (non-hydrogen) atoms. The Hall–Kier alpha value is -0.570. The summed E-state index contributed by atoms with van der Waals surface area (Å²) in [6.45, 7) is 3.66. The van der Waals surface area contributed by atoms with Crippen molar-refractivity contribution < 1.29 is 9.53 Å². The SMILES string of the molecule is CCOC(=O)C1CCC(N(C)CC2CCCC2)CC1. The quantitative estimate of drug-likeness (QED) is 0.716. The molecule has 0 saturated heterocycles. The van der Waals surface area contributed by atoms with Crippen LogP contribution in [0, 0.1) is 11.8 Å². The summed E-state index contributed by atoms with van der Waals surface area (Å²) < 4.78 is 5.13. The summed E-state index contributed by atoms with van der Waals surface area (Å²) in [6, 6.07) is 0.686. The van der Waals surface area contributed by atoms with Crippen molar-refractivity contribution in [2.24, 2.45) is 11.8 Å². The molecule has 0 aliphatic heterocycles. The molecule has 0 aromatic rings. The fourth-order valence-electron chi connectivity index (χ4n) is 3.76. The van der Waals surface area contributed by atoms with Crippen molar-refractivity contribution in [2.45, 2.75) is 64.3 Å². The molecule has 0 N–H and O–H groups in total. The van der Waals surface area contributed by atoms with Crippen LogP contribution in [0.2, 0.25) is 0 Å². The number of nitrogens with zero attached hydrogens (tertiary/aromatic N) is 1. The lowest BCUT2D eigenvalue weighted by atomic mass is 9.85. The van der Waals surface area contributed by atoms with Crippen molar-refractivity contribution >= 4 is 5.97 Å². The lowest BCUT2D eigenvalue weighted by molar-refractivity contribution is -0.149. The Labute approximate surface area is 117 Å². The average molecular weight is 267 g/mol. The zero-order valence-corrected chi connectivity index (χ0v) is 12.6. The van der Waals surface area contributed by atoms with Gasteiger partial charge in [-0.1, -0.05) is 12.8 Å². The number of ether oxygens (including phenoxy) is 1. The van der Waals surface area contributed by atoms with Crippen molar-refractivity contribution in [3.8, 4) is 0 Å². The van der Waals surface area contributed by atoms with Crippen LogP contribution < -0.4 is 0 Å². The third kappa shape index (κ3) is 4.20. The maximum Gasteiger partial charge on any atom is 0.308 e. The highest BCUT2D eigenvalue weighted by Gasteiger charge is 2.30. The molecule has 0 radical (unpaired) electrons. The van der Waals surface area contributed by atoms with E-state index in [0.29, 0.717) is 12.6 Å². The average Bonchev–Trinajstić information content (AvgIpc) is 2.92. The van der Waals surface area contributed by atoms with E-state index < -0.39 is 0 Å². The van der Waals surface area contributed by atoms with Crippen molar-refractivity contribution in [1.82, 2.24) is 4.90 Å². The molecular formula is C16H29NO2. The Morgan fingerprint density at radius 3 is 2.32 bits per heavy atom. The second-order valence-electron chi connectivity index (χ2n) is 6.35. The van der Waals surface area contributed by atoms with Gasteiger partial charge in [0.2, 0.25) is 0 Å². The molecule has 0 aromatic heterocycles. The molecule has 0 amide bonds. The molecule has 2 rings (SSSR count). The number of hydrogen-bond acceptors (Lipinski definition) is 3. The van der Waals surface area contributed by atoms with Crippen LogP contribution in [0.15, 0.2) is 0 Å². The highest BCUT2D eigenvalue weighted by Crippen LogP contribution is 2.30. The standard InChI is InChI=1S/C16H29NO2/c1-3-19-16(18)14-8-10-15(11-9-14)17(2)12-13-6-4-5-7-13/h13-15H,3-12H2,1-2H3. The van der Waals surface area contributed by atoms with Crippen molar-refractivity contribution in [1.29, 1.82) is 0 Å². The lowest BCUT2D eigenvalue weighted by Gasteiger charge is -2.35. The molecule has 3 heteroatoms. The summed E-state index contributed by atoms with van der Waals surface area (Å²) in [5, 5.41) is 0. The fourth-order valence-corrected chi connectivity index (χ4v) is 3.76. The van der Waals surface area contributed by atoms with Crippen LogP contribution >= 0.6 is 0 Å². The van der Waals surface area contributed by atoms with Crippen LogP contribution in [-0.4, -0.2) is 37.1 Å². The van der Waals surface area contributed by atoms with Crippen LogP contribution in [0.1, 0.15) is 58.3 Å². The topological polar surface area (TPSA) is 29.5 Å². The molecule has 2 saturated carbocycles. The monoisotopic (exact) mass is 267 g/mol. The summed E-state index contributed by atoms with van der Waals surface area (Å²) in [6.07, 6.45) is 10.0. The predicted molar refractivity (Wildman–Crippen MR) is 77.0 cm³/mol. The van der Waals surface area contributed by atoms with Crippen molar-refractivity contribution in [2.75, 3.05) is 20.2 Å². The largest absolute Gasteiger partial charge is 0.466 e. The maximum atomic E-state index is 11.7. The van der Waals surface area contributed by atoms with E-state index in [1.54, 1.807) is 0 Å². The van der Waals surface area contributed by atoms with Gasteiger partial charge in [0.15, 0.2) is 0 Å². The van der Waals surface area contributed by atoms with Crippen LogP contribution in [0.5, 0.6) is 0 Å². The van der Waals surface area contributed by atoms with Gasteiger partial charge in [-0.2, -0.15) is 0 Å². The molecule has 3 nitrogen and oxygen atoms in total. The third-order valence-electron chi connectivity index (χ3n) is 4.96. The summed E-state index contributed by atoms with van der Waals surface area (Å²) in [7, 11) is 2.27.